The maximum absolute atomic E-state index is 11.8. The van der Waals surface area contributed by atoms with E-state index in [0.29, 0.717) is 0 Å². The van der Waals surface area contributed by atoms with Crippen LogP contribution in [0.5, 0.6) is 0 Å². The zero-order valence-corrected chi connectivity index (χ0v) is 16.9. The van der Waals surface area contributed by atoms with Gasteiger partial charge in [0, 0.05) is 0 Å². The van der Waals surface area contributed by atoms with Crippen molar-refractivity contribution in [3.8, 4) is 0 Å². The Hall–Kier alpha value is -0.400. The van der Waals surface area contributed by atoms with E-state index >= 15 is 0 Å². The number of rotatable bonds is 6. The number of isothiocyanates is 2. The molecule has 0 unspecified atom stereocenters. The summed E-state index contributed by atoms with van der Waals surface area (Å²) in [5.74, 6) is 0. The summed E-state index contributed by atoms with van der Waals surface area (Å²) in [6.45, 7) is 0. The van der Waals surface area contributed by atoms with Crippen molar-refractivity contribution in [2.24, 2.45) is 9.98 Å². The fourth-order valence-corrected chi connectivity index (χ4v) is 4.18. The van der Waals surface area contributed by atoms with Crippen LogP contribution < -0.4 is 0 Å². The Morgan fingerprint density at radius 3 is 1.33 bits per heavy atom. The average molecular weight is 503 g/mol. The van der Waals surface area contributed by atoms with E-state index in [2.05, 4.69) is 34.4 Å². The van der Waals surface area contributed by atoms with Crippen LogP contribution in [0.1, 0.15) is 11.1 Å². The van der Waals surface area contributed by atoms with E-state index in [1.54, 1.807) is 0 Å². The fourth-order valence-electron chi connectivity index (χ4n) is 2.36. The number of nitrogens with zero attached hydrogens (tertiary/aromatic N) is 2. The standard InChI is InChI=1S/C16H10N2O6S4.2Na.2H/c19-27(20,21)15-11(3-1-5-13(15)17-9-25)7-8-12-4-2-6-14(18-10-26)16(12)28(22,23)24;;;;/h1-8H,(H,19,20,21)(H,22,23,24);;;;/b8-7+;;;;. The van der Waals surface area contributed by atoms with E-state index in [0.717, 1.165) is 0 Å². The van der Waals surface area contributed by atoms with Crippen LogP contribution in [0, 0.1) is 0 Å². The van der Waals surface area contributed by atoms with Gasteiger partial charge in [-0.05, 0) is 47.7 Å². The van der Waals surface area contributed by atoms with Gasteiger partial charge in [0.1, 0.15) is 9.79 Å². The van der Waals surface area contributed by atoms with Crippen LogP contribution in [0.4, 0.5) is 11.4 Å². The topological polar surface area (TPSA) is 133 Å². The molecule has 0 atom stereocenters. The van der Waals surface area contributed by atoms with E-state index in [1.807, 2.05) is 10.3 Å². The minimum atomic E-state index is -4.69. The second kappa shape index (κ2) is 12.6. The molecule has 0 radical (unpaired) electrons. The summed E-state index contributed by atoms with van der Waals surface area (Å²) in [7, 11) is -9.37. The summed E-state index contributed by atoms with van der Waals surface area (Å²) in [5, 5.41) is 4.03. The van der Waals surface area contributed by atoms with Gasteiger partial charge in [0.25, 0.3) is 20.2 Å². The summed E-state index contributed by atoms with van der Waals surface area (Å²) in [4.78, 5) is 6.14. The van der Waals surface area contributed by atoms with Gasteiger partial charge in [-0.1, -0.05) is 36.4 Å². The second-order valence-electron chi connectivity index (χ2n) is 5.08. The molecule has 0 aliphatic rings. The summed E-state index contributed by atoms with van der Waals surface area (Å²) in [5.41, 5.74) is -0.291. The number of hydrogen-bond donors (Lipinski definition) is 2. The summed E-state index contributed by atoms with van der Waals surface area (Å²) in [6, 6.07) is 8.23. The second-order valence-corrected chi connectivity index (χ2v) is 8.16. The van der Waals surface area contributed by atoms with Gasteiger partial charge in [0.05, 0.1) is 21.7 Å². The third-order valence-corrected chi connectivity index (χ3v) is 5.44. The number of hydrogen-bond acceptors (Lipinski definition) is 8. The molecule has 14 heteroatoms. The number of benzene rings is 2. The molecule has 2 rings (SSSR count). The normalized spacial score (nSPS) is 10.9. The van der Waals surface area contributed by atoms with Crippen LogP contribution in [-0.4, -0.2) is 95.4 Å². The monoisotopic (exact) mass is 502 g/mol. The van der Waals surface area contributed by atoms with Gasteiger partial charge < -0.3 is 0 Å². The molecule has 0 spiro atoms. The fraction of sp³-hybridized carbons (Fsp3) is 0. The van der Waals surface area contributed by atoms with Gasteiger partial charge in [-0.3, -0.25) is 9.11 Å². The molecule has 148 valence electrons. The Morgan fingerprint density at radius 1 is 0.733 bits per heavy atom. The van der Waals surface area contributed by atoms with Crippen molar-refractivity contribution in [2.75, 3.05) is 0 Å². The number of aliphatic imine (C=N–C) groups is 2. The van der Waals surface area contributed by atoms with Crippen molar-refractivity contribution < 1.29 is 25.9 Å². The molecule has 0 aromatic heterocycles. The average Bonchev–Trinajstić information content (AvgIpc) is 2.58. The molecular weight excluding hydrogens is 490 g/mol. The van der Waals surface area contributed by atoms with Crippen molar-refractivity contribution >= 4 is 138 Å². The van der Waals surface area contributed by atoms with Gasteiger partial charge in [0.2, 0.25) is 0 Å². The van der Waals surface area contributed by atoms with Gasteiger partial charge >= 0.3 is 59.1 Å². The molecule has 2 aromatic carbocycles. The van der Waals surface area contributed by atoms with Crippen LogP contribution in [0.3, 0.4) is 0 Å². The third-order valence-electron chi connectivity index (χ3n) is 3.34. The molecule has 0 aliphatic carbocycles. The first-order valence-corrected chi connectivity index (χ1v) is 10.8. The predicted octanol–water partition coefficient (Wildman–Crippen LogP) is 2.52. The van der Waals surface area contributed by atoms with Crippen LogP contribution >= 0.6 is 24.4 Å². The van der Waals surface area contributed by atoms with Crippen molar-refractivity contribution in [3.05, 3.63) is 47.5 Å². The van der Waals surface area contributed by atoms with Gasteiger partial charge in [0.15, 0.2) is 0 Å². The van der Waals surface area contributed by atoms with Gasteiger partial charge in [-0.15, -0.1) is 0 Å². The van der Waals surface area contributed by atoms with E-state index in [-0.39, 0.29) is 81.6 Å². The van der Waals surface area contributed by atoms with Crippen LogP contribution in [0.15, 0.2) is 56.2 Å². The predicted molar refractivity (Wildman–Crippen MR) is 125 cm³/mol. The molecule has 0 aliphatic heterocycles. The molecule has 2 N–H and O–H groups in total. The minimum absolute atomic E-state index is 0. The molecule has 30 heavy (non-hydrogen) atoms. The van der Waals surface area contributed by atoms with Crippen molar-refractivity contribution in [2.45, 2.75) is 9.79 Å². The molecule has 8 nitrogen and oxygen atoms in total. The SMILES string of the molecule is O=S(=O)(O)c1c(/C=C/c2cccc(N=C=S)c2S(=O)(=O)O)cccc1N=C=S.[NaH].[NaH]. The molecule has 0 saturated heterocycles. The first kappa shape index (κ1) is 29.6. The molecule has 0 heterocycles. The summed E-state index contributed by atoms with van der Waals surface area (Å²) in [6.07, 6.45) is 2.45. The Kier molecular flexibility index (Phi) is 12.4. The summed E-state index contributed by atoms with van der Waals surface area (Å²) < 4.78 is 66.1. The van der Waals surface area contributed by atoms with Crippen molar-refractivity contribution in [3.63, 3.8) is 0 Å². The Morgan fingerprint density at radius 2 is 1.07 bits per heavy atom. The maximum atomic E-state index is 11.8. The van der Waals surface area contributed by atoms with Gasteiger partial charge in [-0.25, -0.2) is 0 Å². The third kappa shape index (κ3) is 7.63. The van der Waals surface area contributed by atoms with Crippen molar-refractivity contribution in [1.82, 2.24) is 0 Å². The molecule has 0 bridgehead atoms. The van der Waals surface area contributed by atoms with E-state index in [4.69, 9.17) is 0 Å². The van der Waals surface area contributed by atoms with E-state index < -0.39 is 30.0 Å². The first-order chi connectivity index (χ1) is 13.1. The molecular formula is C16H12N2Na2O6S4. The zero-order valence-electron chi connectivity index (χ0n) is 13.7. The Balaban J connectivity index is 0.00000420. The Bertz CT molecular complexity index is 1180. The van der Waals surface area contributed by atoms with Crippen LogP contribution in [0.25, 0.3) is 12.2 Å². The number of thiocarbonyl (C=S) groups is 2. The van der Waals surface area contributed by atoms with Crippen LogP contribution in [-0.2, 0) is 20.2 Å². The molecule has 0 amide bonds. The molecule has 2 aromatic rings. The quantitative estimate of drug-likeness (QED) is 0.202. The first-order valence-electron chi connectivity index (χ1n) is 7.14. The summed E-state index contributed by atoms with van der Waals surface area (Å²) >= 11 is 8.94. The zero-order chi connectivity index (χ0) is 20.9. The van der Waals surface area contributed by atoms with Crippen LogP contribution in [0.2, 0.25) is 0 Å². The van der Waals surface area contributed by atoms with Gasteiger partial charge in [-0.2, -0.15) is 26.8 Å². The van der Waals surface area contributed by atoms with Crippen molar-refractivity contribution in [1.29, 1.82) is 0 Å². The van der Waals surface area contributed by atoms with E-state index in [9.17, 15) is 25.9 Å². The molecule has 0 saturated carbocycles. The van der Waals surface area contributed by atoms with E-state index in [1.165, 1.54) is 48.6 Å². The Labute approximate surface area is 228 Å². The molecule has 0 fully saturated rings.